The first-order valence-electron chi connectivity index (χ1n) is 32.9. The van der Waals surface area contributed by atoms with E-state index in [4.69, 9.17) is 18.5 Å². The third-order valence-corrected chi connectivity index (χ3v) is 14.6. The summed E-state index contributed by atoms with van der Waals surface area (Å²) in [5.74, 6) is -0.851. The highest BCUT2D eigenvalue weighted by atomic mass is 31.2. The van der Waals surface area contributed by atoms with Gasteiger partial charge in [0, 0.05) is 12.8 Å². The molecule has 0 saturated carbocycles. The fourth-order valence-corrected chi connectivity index (χ4v) is 9.35. The lowest BCUT2D eigenvalue weighted by atomic mass is 10.0. The zero-order valence-corrected chi connectivity index (χ0v) is 54.0. The van der Waals surface area contributed by atoms with Gasteiger partial charge in [-0.3, -0.25) is 14.2 Å². The molecule has 0 saturated heterocycles. The van der Waals surface area contributed by atoms with Gasteiger partial charge >= 0.3 is 11.9 Å². The van der Waals surface area contributed by atoms with E-state index < -0.39 is 32.5 Å². The Hall–Kier alpha value is -3.85. The summed E-state index contributed by atoms with van der Waals surface area (Å²) >= 11 is 0. The minimum Gasteiger partial charge on any atom is -0.756 e. The molecular formula is C72H122NO8P. The van der Waals surface area contributed by atoms with Gasteiger partial charge in [0.15, 0.2) is 6.10 Å². The van der Waals surface area contributed by atoms with Gasteiger partial charge in [-0.2, -0.15) is 0 Å². The van der Waals surface area contributed by atoms with Gasteiger partial charge in [0.25, 0.3) is 7.82 Å². The van der Waals surface area contributed by atoms with Crippen LogP contribution in [0.4, 0.5) is 0 Å². The normalized spacial score (nSPS) is 14.1. The number of carbonyl (C=O) groups is 2. The lowest BCUT2D eigenvalue weighted by Gasteiger charge is -2.28. The van der Waals surface area contributed by atoms with Crippen molar-refractivity contribution in [1.82, 2.24) is 0 Å². The Bertz CT molecular complexity index is 1850. The van der Waals surface area contributed by atoms with Crippen molar-refractivity contribution in [2.24, 2.45) is 0 Å². The molecule has 0 heterocycles. The van der Waals surface area contributed by atoms with E-state index in [1.807, 2.05) is 21.1 Å². The van der Waals surface area contributed by atoms with Crippen LogP contribution in [-0.2, 0) is 32.7 Å². The minimum atomic E-state index is -4.65. The van der Waals surface area contributed by atoms with E-state index >= 15 is 0 Å². The van der Waals surface area contributed by atoms with Crippen LogP contribution in [0.5, 0.6) is 0 Å². The van der Waals surface area contributed by atoms with E-state index in [1.54, 1.807) is 0 Å². The predicted octanol–water partition coefficient (Wildman–Crippen LogP) is 20.6. The van der Waals surface area contributed by atoms with Crippen LogP contribution in [-0.4, -0.2) is 70.0 Å². The molecule has 0 aromatic carbocycles. The van der Waals surface area contributed by atoms with E-state index in [9.17, 15) is 19.0 Å². The number of phosphoric acid groups is 1. The lowest BCUT2D eigenvalue weighted by molar-refractivity contribution is -0.870. The van der Waals surface area contributed by atoms with Crippen molar-refractivity contribution in [3.63, 3.8) is 0 Å². The zero-order valence-electron chi connectivity index (χ0n) is 53.1. The number of esters is 2. The predicted molar refractivity (Wildman–Crippen MR) is 351 cm³/mol. The number of unbranched alkanes of at least 4 members (excludes halogenated alkanes) is 23. The second-order valence-corrected chi connectivity index (χ2v) is 24.2. The Morgan fingerprint density at radius 3 is 1.04 bits per heavy atom. The maximum Gasteiger partial charge on any atom is 0.306 e. The molecule has 0 aromatic heterocycles. The first-order valence-corrected chi connectivity index (χ1v) is 34.4. The summed E-state index contributed by atoms with van der Waals surface area (Å²) < 4.78 is 34.2. The number of hydrogen-bond donors (Lipinski definition) is 0. The van der Waals surface area contributed by atoms with Crippen molar-refractivity contribution in [3.8, 4) is 0 Å². The van der Waals surface area contributed by atoms with Crippen molar-refractivity contribution >= 4 is 19.8 Å². The Morgan fingerprint density at radius 1 is 0.390 bits per heavy atom. The van der Waals surface area contributed by atoms with Crippen LogP contribution in [0.3, 0.4) is 0 Å². The van der Waals surface area contributed by atoms with Gasteiger partial charge in [0.2, 0.25) is 0 Å². The number of carbonyl (C=O) groups excluding carboxylic acids is 2. The molecule has 10 heteroatoms. The van der Waals surface area contributed by atoms with E-state index in [0.29, 0.717) is 23.9 Å². The van der Waals surface area contributed by atoms with Crippen molar-refractivity contribution in [2.45, 2.75) is 264 Å². The van der Waals surface area contributed by atoms with Crippen LogP contribution in [0.15, 0.2) is 134 Å². The van der Waals surface area contributed by atoms with Crippen LogP contribution in [0.25, 0.3) is 0 Å². The molecule has 0 aliphatic carbocycles. The van der Waals surface area contributed by atoms with Crippen LogP contribution < -0.4 is 4.89 Å². The largest absolute Gasteiger partial charge is 0.756 e. The third-order valence-electron chi connectivity index (χ3n) is 13.7. The molecule has 0 spiro atoms. The minimum absolute atomic E-state index is 0.0386. The Kier molecular flexibility index (Phi) is 58.8. The number of rotatable bonds is 59. The first-order chi connectivity index (χ1) is 40.0. The first kappa shape index (κ1) is 78.1. The molecule has 468 valence electrons. The lowest BCUT2D eigenvalue weighted by Crippen LogP contribution is -2.37. The molecule has 0 fully saturated rings. The monoisotopic (exact) mass is 1160 g/mol. The van der Waals surface area contributed by atoms with Gasteiger partial charge in [-0.1, -0.05) is 263 Å². The average molecular weight is 1160 g/mol. The number of phosphoric ester groups is 1. The fraction of sp³-hybridized carbons (Fsp3) is 0.667. The molecule has 0 N–H and O–H groups in total. The van der Waals surface area contributed by atoms with Gasteiger partial charge in [-0.15, -0.1) is 0 Å². The highest BCUT2D eigenvalue weighted by Crippen LogP contribution is 2.38. The molecule has 2 unspecified atom stereocenters. The second-order valence-electron chi connectivity index (χ2n) is 22.7. The Labute approximate surface area is 504 Å². The summed E-state index contributed by atoms with van der Waals surface area (Å²) in [6.45, 7) is 4.08. The van der Waals surface area contributed by atoms with Gasteiger partial charge < -0.3 is 27.9 Å². The average Bonchev–Trinajstić information content (AvgIpc) is 3.46. The zero-order chi connectivity index (χ0) is 59.8. The second kappa shape index (κ2) is 61.7. The highest BCUT2D eigenvalue weighted by Gasteiger charge is 2.22. The summed E-state index contributed by atoms with van der Waals surface area (Å²) in [6.07, 6.45) is 89.4. The number of allylic oxidation sites excluding steroid dienone is 22. The number of quaternary nitrogens is 1. The molecule has 9 nitrogen and oxygen atoms in total. The topological polar surface area (TPSA) is 111 Å². The highest BCUT2D eigenvalue weighted by molar-refractivity contribution is 7.45. The number of ether oxygens (including phenoxy) is 2. The van der Waals surface area contributed by atoms with Crippen molar-refractivity contribution in [1.29, 1.82) is 0 Å². The number of likely N-dealkylation sites (N-methyl/N-ethyl adjacent to an activating group) is 1. The molecule has 0 amide bonds. The van der Waals surface area contributed by atoms with Crippen LogP contribution in [0.2, 0.25) is 0 Å². The molecule has 0 aliphatic rings. The summed E-state index contributed by atoms with van der Waals surface area (Å²) in [5.41, 5.74) is 0. The van der Waals surface area contributed by atoms with Gasteiger partial charge in [0.1, 0.15) is 19.8 Å². The van der Waals surface area contributed by atoms with Crippen molar-refractivity contribution in [3.05, 3.63) is 134 Å². The Morgan fingerprint density at radius 2 is 0.695 bits per heavy atom. The third kappa shape index (κ3) is 65.3. The Balaban J connectivity index is 4.07. The maximum absolute atomic E-state index is 12.8. The molecule has 0 rings (SSSR count). The summed E-state index contributed by atoms with van der Waals surface area (Å²) in [4.78, 5) is 38.0. The molecule has 0 radical (unpaired) electrons. The van der Waals surface area contributed by atoms with E-state index in [2.05, 4.69) is 148 Å². The van der Waals surface area contributed by atoms with Crippen LogP contribution >= 0.6 is 7.82 Å². The molecule has 0 bridgehead atoms. The SMILES string of the molecule is CC/C=C\C/C=C\C/C=C\C/C=C\C/C=C\C/C=C\C/C=C\C/C=C\CCCCCCCCCCCCCCCCC(=O)OC(COC(=O)CCCCCCCC/C=C\C/C=C\C/C=C\CCCCC)COP(=O)([O-])OCC[N+](C)(C)C. The van der Waals surface area contributed by atoms with E-state index in [0.717, 1.165) is 122 Å². The van der Waals surface area contributed by atoms with Crippen molar-refractivity contribution < 1.29 is 42.1 Å². The molecular weight excluding hydrogens is 1040 g/mol. The smallest absolute Gasteiger partial charge is 0.306 e. The maximum atomic E-state index is 12.8. The van der Waals surface area contributed by atoms with Gasteiger partial charge in [-0.25, -0.2) is 0 Å². The van der Waals surface area contributed by atoms with Crippen molar-refractivity contribution in [2.75, 3.05) is 47.5 Å². The van der Waals surface area contributed by atoms with Crippen LogP contribution in [0.1, 0.15) is 258 Å². The standard InChI is InChI=1S/C72H122NO8P/c1-6-8-10-12-14-16-18-20-22-24-26-27-28-29-30-31-32-33-34-35-36-37-38-39-40-41-42-43-44-45-47-49-51-53-55-57-59-61-63-65-72(75)81-70(69-80-82(76,77)79-67-66-73(3,4)5)68-78-71(74)64-62-60-58-56-54-52-50-48-46-25-23-21-19-17-15-13-11-9-7-2/h8,10,14-17,20-23,26-27,29-30,32-33,35-36,38-39,46,48,70H,6-7,9,11-13,18-19,24-25,28,31,34,37,40-45,47,49-69H2,1-5H3/b10-8-,16-14-,17-15-,22-20-,23-21-,27-26-,30-29-,33-32-,36-35-,39-38-,48-46-. The van der Waals surface area contributed by atoms with E-state index in [-0.39, 0.29) is 26.1 Å². The van der Waals surface area contributed by atoms with Gasteiger partial charge in [0.05, 0.1) is 27.7 Å². The summed E-state index contributed by atoms with van der Waals surface area (Å²) in [6, 6.07) is 0. The molecule has 2 atom stereocenters. The molecule has 0 aliphatic heterocycles. The summed E-state index contributed by atoms with van der Waals surface area (Å²) in [7, 11) is 1.15. The number of hydrogen-bond acceptors (Lipinski definition) is 8. The van der Waals surface area contributed by atoms with E-state index in [1.165, 1.54) is 96.3 Å². The molecule has 0 aromatic rings. The summed E-state index contributed by atoms with van der Waals surface area (Å²) in [5, 5.41) is 0. The van der Waals surface area contributed by atoms with Crippen LogP contribution in [0, 0.1) is 0 Å². The molecule has 82 heavy (non-hydrogen) atoms. The quantitative estimate of drug-likeness (QED) is 0.0195. The van der Waals surface area contributed by atoms with Gasteiger partial charge in [-0.05, 0) is 116 Å². The fourth-order valence-electron chi connectivity index (χ4n) is 8.62. The number of nitrogens with zero attached hydrogens (tertiary/aromatic N) is 1.